The number of halogens is 1. The molecule has 21 heavy (non-hydrogen) atoms. The summed E-state index contributed by atoms with van der Waals surface area (Å²) in [6, 6.07) is 8.68. The Morgan fingerprint density at radius 1 is 1.14 bits per heavy atom. The van der Waals surface area contributed by atoms with E-state index in [0.29, 0.717) is 24.5 Å². The van der Waals surface area contributed by atoms with Crippen molar-refractivity contribution in [3.63, 3.8) is 0 Å². The van der Waals surface area contributed by atoms with E-state index in [1.54, 1.807) is 37.4 Å². The number of hydrogen-bond donors (Lipinski definition) is 1. The first-order valence-electron chi connectivity index (χ1n) is 6.93. The van der Waals surface area contributed by atoms with E-state index in [9.17, 15) is 4.39 Å². The molecule has 0 radical (unpaired) electrons. The number of pyridine rings is 1. The molecule has 5 heteroatoms. The number of benzene rings is 1. The highest BCUT2D eigenvalue weighted by Crippen LogP contribution is 2.25. The maximum absolute atomic E-state index is 14.1. The smallest absolute Gasteiger partial charge is 0.256 e. The summed E-state index contributed by atoms with van der Waals surface area (Å²) in [5.41, 5.74) is 0.519. The molecule has 0 amide bonds. The molecule has 0 aliphatic carbocycles. The summed E-state index contributed by atoms with van der Waals surface area (Å²) < 4.78 is 25.1. The Morgan fingerprint density at radius 2 is 1.86 bits per heavy atom. The van der Waals surface area contributed by atoms with Gasteiger partial charge in [0.15, 0.2) is 5.82 Å². The van der Waals surface area contributed by atoms with Crippen molar-refractivity contribution in [2.45, 2.75) is 19.9 Å². The molecule has 1 heterocycles. The van der Waals surface area contributed by atoms with Gasteiger partial charge in [-0.1, -0.05) is 6.92 Å². The second-order valence-electron chi connectivity index (χ2n) is 4.54. The molecule has 1 aromatic heterocycles. The standard InChI is InChI=1S/C16H19FN2O2/c1-3-10-20-13-4-6-14(7-5-13)21-16-15(17)12(11-18-2)8-9-19-16/h4-9,18H,3,10-11H2,1-2H3. The van der Waals surface area contributed by atoms with Crippen LogP contribution in [0.5, 0.6) is 17.4 Å². The fourth-order valence-electron chi connectivity index (χ4n) is 1.80. The van der Waals surface area contributed by atoms with Crippen molar-refractivity contribution in [3.8, 4) is 17.4 Å². The zero-order chi connectivity index (χ0) is 15.1. The summed E-state index contributed by atoms with van der Waals surface area (Å²) in [4.78, 5) is 3.93. The lowest BCUT2D eigenvalue weighted by Crippen LogP contribution is -2.08. The Kier molecular flexibility index (Phi) is 5.51. The molecular formula is C16H19FN2O2. The maximum Gasteiger partial charge on any atom is 0.256 e. The van der Waals surface area contributed by atoms with Gasteiger partial charge in [0.25, 0.3) is 5.88 Å². The Labute approximate surface area is 123 Å². The molecule has 2 rings (SSSR count). The van der Waals surface area contributed by atoms with Gasteiger partial charge in [0.1, 0.15) is 11.5 Å². The maximum atomic E-state index is 14.1. The average Bonchev–Trinajstić information content (AvgIpc) is 2.51. The van der Waals surface area contributed by atoms with Crippen molar-refractivity contribution in [2.24, 2.45) is 0 Å². The van der Waals surface area contributed by atoms with Gasteiger partial charge in [0, 0.05) is 18.3 Å². The fraction of sp³-hybridized carbons (Fsp3) is 0.312. The summed E-state index contributed by atoms with van der Waals surface area (Å²) in [6.45, 7) is 3.14. The van der Waals surface area contributed by atoms with Crippen molar-refractivity contribution in [1.82, 2.24) is 10.3 Å². The van der Waals surface area contributed by atoms with Crippen molar-refractivity contribution in [3.05, 3.63) is 47.9 Å². The van der Waals surface area contributed by atoms with Crippen LogP contribution in [0.1, 0.15) is 18.9 Å². The van der Waals surface area contributed by atoms with E-state index in [2.05, 4.69) is 10.3 Å². The molecular weight excluding hydrogens is 271 g/mol. The normalized spacial score (nSPS) is 10.4. The second-order valence-corrected chi connectivity index (χ2v) is 4.54. The first-order chi connectivity index (χ1) is 10.2. The molecule has 2 aromatic rings. The summed E-state index contributed by atoms with van der Waals surface area (Å²) >= 11 is 0. The Bertz CT molecular complexity index is 573. The second kappa shape index (κ2) is 7.59. The molecule has 0 fully saturated rings. The fourth-order valence-corrected chi connectivity index (χ4v) is 1.80. The van der Waals surface area contributed by atoms with Crippen LogP contribution in [0, 0.1) is 5.82 Å². The number of nitrogens with zero attached hydrogens (tertiary/aromatic N) is 1. The van der Waals surface area contributed by atoms with Crippen LogP contribution in [-0.4, -0.2) is 18.6 Å². The van der Waals surface area contributed by atoms with Crippen molar-refractivity contribution in [1.29, 1.82) is 0 Å². The van der Waals surface area contributed by atoms with E-state index in [4.69, 9.17) is 9.47 Å². The van der Waals surface area contributed by atoms with Crippen molar-refractivity contribution in [2.75, 3.05) is 13.7 Å². The molecule has 0 atom stereocenters. The van der Waals surface area contributed by atoms with Crippen LogP contribution in [0.3, 0.4) is 0 Å². The first kappa shape index (κ1) is 15.3. The van der Waals surface area contributed by atoms with E-state index in [-0.39, 0.29) is 5.88 Å². The molecule has 1 aromatic carbocycles. The highest BCUT2D eigenvalue weighted by Gasteiger charge is 2.11. The van der Waals surface area contributed by atoms with Crippen LogP contribution in [0.25, 0.3) is 0 Å². The van der Waals surface area contributed by atoms with Crippen LogP contribution in [-0.2, 0) is 6.54 Å². The van der Waals surface area contributed by atoms with Crippen LogP contribution < -0.4 is 14.8 Å². The van der Waals surface area contributed by atoms with Gasteiger partial charge in [-0.3, -0.25) is 0 Å². The Morgan fingerprint density at radius 3 is 2.52 bits per heavy atom. The lowest BCUT2D eigenvalue weighted by molar-refractivity contribution is 0.317. The van der Waals surface area contributed by atoms with E-state index < -0.39 is 5.82 Å². The third-order valence-electron chi connectivity index (χ3n) is 2.82. The quantitative estimate of drug-likeness (QED) is 0.847. The number of aromatic nitrogens is 1. The summed E-state index contributed by atoms with van der Waals surface area (Å²) in [6.07, 6.45) is 2.48. The van der Waals surface area contributed by atoms with Crippen molar-refractivity contribution >= 4 is 0 Å². The summed E-state index contributed by atoms with van der Waals surface area (Å²) in [5, 5.41) is 2.90. The van der Waals surface area contributed by atoms with Gasteiger partial charge in [-0.05, 0) is 43.8 Å². The number of hydrogen-bond acceptors (Lipinski definition) is 4. The summed E-state index contributed by atoms with van der Waals surface area (Å²) in [5.74, 6) is 0.816. The zero-order valence-electron chi connectivity index (χ0n) is 12.2. The van der Waals surface area contributed by atoms with E-state index in [1.807, 2.05) is 6.92 Å². The molecule has 0 aliphatic rings. The zero-order valence-corrected chi connectivity index (χ0v) is 12.2. The van der Waals surface area contributed by atoms with Crippen LogP contribution in [0.4, 0.5) is 4.39 Å². The molecule has 4 nitrogen and oxygen atoms in total. The number of rotatable bonds is 7. The molecule has 0 unspecified atom stereocenters. The number of ether oxygens (including phenoxy) is 2. The first-order valence-corrected chi connectivity index (χ1v) is 6.93. The highest BCUT2D eigenvalue weighted by molar-refractivity contribution is 5.34. The van der Waals surface area contributed by atoms with Gasteiger partial charge in [0.05, 0.1) is 6.61 Å². The predicted molar refractivity (Wildman–Crippen MR) is 79.3 cm³/mol. The molecule has 0 saturated carbocycles. The van der Waals surface area contributed by atoms with Gasteiger partial charge in [-0.25, -0.2) is 9.37 Å². The van der Waals surface area contributed by atoms with Crippen LogP contribution >= 0.6 is 0 Å². The predicted octanol–water partition coefficient (Wildman–Crippen LogP) is 3.52. The molecule has 0 saturated heterocycles. The summed E-state index contributed by atoms with van der Waals surface area (Å²) in [7, 11) is 1.76. The molecule has 0 bridgehead atoms. The van der Waals surface area contributed by atoms with Gasteiger partial charge < -0.3 is 14.8 Å². The van der Waals surface area contributed by atoms with Gasteiger partial charge in [-0.2, -0.15) is 0 Å². The topological polar surface area (TPSA) is 43.4 Å². The van der Waals surface area contributed by atoms with Gasteiger partial charge >= 0.3 is 0 Å². The average molecular weight is 290 g/mol. The van der Waals surface area contributed by atoms with Crippen LogP contribution in [0.2, 0.25) is 0 Å². The highest BCUT2D eigenvalue weighted by atomic mass is 19.1. The molecule has 1 N–H and O–H groups in total. The number of nitrogens with one attached hydrogen (secondary N) is 1. The minimum Gasteiger partial charge on any atom is -0.494 e. The third kappa shape index (κ3) is 4.16. The largest absolute Gasteiger partial charge is 0.494 e. The Balaban J connectivity index is 2.09. The molecule has 0 spiro atoms. The SMILES string of the molecule is CCCOc1ccc(Oc2nccc(CNC)c2F)cc1. The monoisotopic (exact) mass is 290 g/mol. The molecule has 112 valence electrons. The van der Waals surface area contributed by atoms with E-state index in [1.165, 1.54) is 6.20 Å². The minimum absolute atomic E-state index is 0.0232. The lowest BCUT2D eigenvalue weighted by Gasteiger charge is -2.09. The van der Waals surface area contributed by atoms with E-state index >= 15 is 0 Å². The van der Waals surface area contributed by atoms with E-state index in [0.717, 1.165) is 12.2 Å². The van der Waals surface area contributed by atoms with Crippen LogP contribution in [0.15, 0.2) is 36.5 Å². The Hall–Kier alpha value is -2.14. The third-order valence-corrected chi connectivity index (χ3v) is 2.82. The lowest BCUT2D eigenvalue weighted by atomic mass is 10.2. The van der Waals surface area contributed by atoms with Gasteiger partial charge in [-0.15, -0.1) is 0 Å². The minimum atomic E-state index is -0.446. The van der Waals surface area contributed by atoms with Crippen molar-refractivity contribution < 1.29 is 13.9 Å². The van der Waals surface area contributed by atoms with Gasteiger partial charge in [0.2, 0.25) is 0 Å². The molecule has 0 aliphatic heterocycles.